The van der Waals surface area contributed by atoms with Gasteiger partial charge in [-0.15, -0.1) is 0 Å². The summed E-state index contributed by atoms with van der Waals surface area (Å²) >= 11 is 3.12. The van der Waals surface area contributed by atoms with Crippen LogP contribution in [0.5, 0.6) is 11.5 Å². The fraction of sp³-hybridized carbons (Fsp3) is 0.143. The van der Waals surface area contributed by atoms with Crippen molar-refractivity contribution in [3.05, 3.63) is 46.3 Å². The van der Waals surface area contributed by atoms with Crippen LogP contribution in [-0.4, -0.2) is 26.3 Å². The quantitative estimate of drug-likeness (QED) is 0.663. The minimum absolute atomic E-state index is 0.164. The minimum Gasteiger partial charge on any atom is -0.497 e. The monoisotopic (exact) mass is 352 g/mol. The molecule has 0 bridgehead atoms. The molecule has 2 rings (SSSR count). The number of amides is 1. The summed E-state index contributed by atoms with van der Waals surface area (Å²) in [4.78, 5) is 11.7. The molecule has 0 aliphatic rings. The third-order valence-electron chi connectivity index (χ3n) is 2.60. The van der Waals surface area contributed by atoms with E-state index in [0.29, 0.717) is 21.7 Å². The predicted molar refractivity (Wildman–Crippen MR) is 81.0 cm³/mol. The number of carbonyl (C=O) groups is 1. The molecular formula is C14H13BrN2O4. The third kappa shape index (κ3) is 3.85. The van der Waals surface area contributed by atoms with Crippen LogP contribution in [0, 0.1) is 0 Å². The standard InChI is InChI=1S/C14H13BrN2O4/c1-19-10-3-4-11(20-2)9(7-10)8-16-17-14(18)12-5-6-13(15)21-12/h3-8H,1-2H3,(H,17,18). The number of furan rings is 1. The number of rotatable bonds is 5. The number of hydrazone groups is 1. The molecule has 0 unspecified atom stereocenters. The SMILES string of the molecule is COc1ccc(OC)c(C=NNC(=O)c2ccc(Br)o2)c1. The molecule has 0 saturated heterocycles. The normalized spacial score (nSPS) is 10.6. The van der Waals surface area contributed by atoms with E-state index in [1.165, 1.54) is 6.21 Å². The molecule has 110 valence electrons. The van der Waals surface area contributed by atoms with Gasteiger partial charge in [0.05, 0.1) is 20.4 Å². The van der Waals surface area contributed by atoms with E-state index >= 15 is 0 Å². The van der Waals surface area contributed by atoms with E-state index in [4.69, 9.17) is 13.9 Å². The van der Waals surface area contributed by atoms with E-state index < -0.39 is 5.91 Å². The number of hydrogen-bond donors (Lipinski definition) is 1. The maximum atomic E-state index is 11.7. The Hall–Kier alpha value is -2.28. The van der Waals surface area contributed by atoms with Gasteiger partial charge in [-0.05, 0) is 46.3 Å². The Morgan fingerprint density at radius 2 is 2.10 bits per heavy atom. The van der Waals surface area contributed by atoms with Crippen LogP contribution < -0.4 is 14.9 Å². The number of nitrogens with zero attached hydrogens (tertiary/aromatic N) is 1. The van der Waals surface area contributed by atoms with Gasteiger partial charge < -0.3 is 13.9 Å². The molecular weight excluding hydrogens is 340 g/mol. The summed E-state index contributed by atoms with van der Waals surface area (Å²) in [6.45, 7) is 0. The summed E-state index contributed by atoms with van der Waals surface area (Å²) in [7, 11) is 3.12. The number of benzene rings is 1. The molecule has 1 heterocycles. The number of ether oxygens (including phenoxy) is 2. The molecule has 0 spiro atoms. The first-order valence-corrected chi connectivity index (χ1v) is 6.74. The number of carbonyl (C=O) groups excluding carboxylic acids is 1. The Balaban J connectivity index is 2.08. The number of halogens is 1. The number of methoxy groups -OCH3 is 2. The lowest BCUT2D eigenvalue weighted by atomic mass is 10.2. The molecule has 0 saturated carbocycles. The van der Waals surface area contributed by atoms with Gasteiger partial charge in [-0.25, -0.2) is 5.43 Å². The highest BCUT2D eigenvalue weighted by Gasteiger charge is 2.09. The first-order valence-electron chi connectivity index (χ1n) is 5.95. The molecule has 1 aromatic heterocycles. The Kier molecular flexibility index (Phi) is 4.99. The van der Waals surface area contributed by atoms with E-state index in [1.807, 2.05) is 0 Å². The van der Waals surface area contributed by atoms with Crippen molar-refractivity contribution in [1.82, 2.24) is 5.43 Å². The molecule has 21 heavy (non-hydrogen) atoms. The fourth-order valence-electron chi connectivity index (χ4n) is 1.59. The largest absolute Gasteiger partial charge is 0.497 e. The van der Waals surface area contributed by atoms with Crippen LogP contribution in [0.2, 0.25) is 0 Å². The van der Waals surface area contributed by atoms with Crippen molar-refractivity contribution >= 4 is 28.1 Å². The second kappa shape index (κ2) is 6.94. The second-order valence-electron chi connectivity index (χ2n) is 3.91. The van der Waals surface area contributed by atoms with Crippen molar-refractivity contribution in [3.8, 4) is 11.5 Å². The molecule has 0 aliphatic carbocycles. The second-order valence-corrected chi connectivity index (χ2v) is 4.69. The molecule has 2 aromatic rings. The average Bonchev–Trinajstić information content (AvgIpc) is 2.93. The van der Waals surface area contributed by atoms with Crippen LogP contribution in [0.25, 0.3) is 0 Å². The van der Waals surface area contributed by atoms with Crippen LogP contribution in [0.3, 0.4) is 0 Å². The van der Waals surface area contributed by atoms with Crippen LogP contribution in [0.1, 0.15) is 16.1 Å². The lowest BCUT2D eigenvalue weighted by Crippen LogP contribution is -2.16. The van der Waals surface area contributed by atoms with Gasteiger partial charge in [-0.1, -0.05) is 0 Å². The van der Waals surface area contributed by atoms with Gasteiger partial charge >= 0.3 is 5.91 Å². The maximum absolute atomic E-state index is 11.7. The predicted octanol–water partition coefficient (Wildman–Crippen LogP) is 2.82. The van der Waals surface area contributed by atoms with Gasteiger partial charge in [0.2, 0.25) is 0 Å². The van der Waals surface area contributed by atoms with Crippen LogP contribution in [-0.2, 0) is 0 Å². The van der Waals surface area contributed by atoms with E-state index in [-0.39, 0.29) is 5.76 Å². The zero-order valence-electron chi connectivity index (χ0n) is 11.4. The zero-order chi connectivity index (χ0) is 15.2. The molecule has 0 radical (unpaired) electrons. The summed E-state index contributed by atoms with van der Waals surface area (Å²) in [6.07, 6.45) is 1.47. The van der Waals surface area contributed by atoms with Crippen LogP contribution in [0.4, 0.5) is 0 Å². The fourth-order valence-corrected chi connectivity index (χ4v) is 1.90. The first kappa shape index (κ1) is 15.1. The number of nitrogens with one attached hydrogen (secondary N) is 1. The van der Waals surface area contributed by atoms with E-state index in [1.54, 1.807) is 44.6 Å². The maximum Gasteiger partial charge on any atom is 0.307 e. The lowest BCUT2D eigenvalue weighted by Gasteiger charge is -2.06. The molecule has 1 N–H and O–H groups in total. The highest BCUT2D eigenvalue weighted by molar-refractivity contribution is 9.10. The van der Waals surface area contributed by atoms with Gasteiger partial charge in [-0.2, -0.15) is 5.10 Å². The molecule has 0 aliphatic heterocycles. The lowest BCUT2D eigenvalue weighted by molar-refractivity contribution is 0.0926. The van der Waals surface area contributed by atoms with Crippen LogP contribution >= 0.6 is 15.9 Å². The Morgan fingerprint density at radius 1 is 1.29 bits per heavy atom. The Labute approximate surface area is 129 Å². The van der Waals surface area contributed by atoms with Gasteiger partial charge in [0.25, 0.3) is 0 Å². The summed E-state index contributed by atoms with van der Waals surface area (Å²) in [5.74, 6) is 1.00. The van der Waals surface area contributed by atoms with Crippen molar-refractivity contribution in [2.75, 3.05) is 14.2 Å². The minimum atomic E-state index is -0.446. The molecule has 0 fully saturated rings. The molecule has 1 amide bonds. The van der Waals surface area contributed by atoms with Crippen molar-refractivity contribution in [3.63, 3.8) is 0 Å². The molecule has 1 aromatic carbocycles. The number of hydrogen-bond acceptors (Lipinski definition) is 5. The van der Waals surface area contributed by atoms with Gasteiger partial charge in [-0.3, -0.25) is 4.79 Å². The Morgan fingerprint density at radius 3 is 2.71 bits per heavy atom. The van der Waals surface area contributed by atoms with Crippen molar-refractivity contribution in [1.29, 1.82) is 0 Å². The Bertz CT molecular complexity index is 667. The van der Waals surface area contributed by atoms with Crippen molar-refractivity contribution in [2.45, 2.75) is 0 Å². The van der Waals surface area contributed by atoms with Crippen molar-refractivity contribution < 1.29 is 18.7 Å². The van der Waals surface area contributed by atoms with Gasteiger partial charge in [0.15, 0.2) is 10.4 Å². The summed E-state index contributed by atoms with van der Waals surface area (Å²) in [5.41, 5.74) is 3.05. The topological polar surface area (TPSA) is 73.1 Å². The highest BCUT2D eigenvalue weighted by Crippen LogP contribution is 2.22. The first-order chi connectivity index (χ1) is 10.1. The van der Waals surface area contributed by atoms with Crippen LogP contribution in [0.15, 0.2) is 44.5 Å². The molecule has 7 heteroatoms. The molecule has 6 nitrogen and oxygen atoms in total. The van der Waals surface area contributed by atoms with Gasteiger partial charge in [0.1, 0.15) is 11.5 Å². The summed E-state index contributed by atoms with van der Waals surface area (Å²) in [5, 5.41) is 3.88. The van der Waals surface area contributed by atoms with Gasteiger partial charge in [0, 0.05) is 5.56 Å². The van der Waals surface area contributed by atoms with E-state index in [0.717, 1.165) is 0 Å². The summed E-state index contributed by atoms with van der Waals surface area (Å²) < 4.78 is 15.9. The van der Waals surface area contributed by atoms with Crippen molar-refractivity contribution in [2.24, 2.45) is 5.10 Å². The third-order valence-corrected chi connectivity index (χ3v) is 3.03. The summed E-state index contributed by atoms with van der Waals surface area (Å²) in [6, 6.07) is 8.45. The smallest absolute Gasteiger partial charge is 0.307 e. The van der Waals surface area contributed by atoms with E-state index in [2.05, 4.69) is 26.5 Å². The molecule has 0 atom stereocenters. The average molecular weight is 353 g/mol. The highest BCUT2D eigenvalue weighted by atomic mass is 79.9. The van der Waals surface area contributed by atoms with E-state index in [9.17, 15) is 4.79 Å². The zero-order valence-corrected chi connectivity index (χ0v) is 13.0.